The molecule has 7 nitrogen and oxygen atoms in total. The van der Waals surface area contributed by atoms with Crippen molar-refractivity contribution in [2.75, 3.05) is 39.3 Å². The van der Waals surface area contributed by atoms with E-state index in [0.717, 1.165) is 12.8 Å². The molecule has 1 N–H and O–H groups in total. The van der Waals surface area contributed by atoms with Crippen LogP contribution < -0.4 is 5.32 Å². The minimum atomic E-state index is -0.417. The zero-order valence-electron chi connectivity index (χ0n) is 13.4. The highest BCUT2D eigenvalue weighted by atomic mass is 32.1. The molecule has 0 saturated carbocycles. The highest BCUT2D eigenvalue weighted by Gasteiger charge is 2.29. The van der Waals surface area contributed by atoms with Crippen LogP contribution in [-0.2, 0) is 9.53 Å². The van der Waals surface area contributed by atoms with Crippen LogP contribution in [0.3, 0.4) is 0 Å². The van der Waals surface area contributed by atoms with Crippen LogP contribution in [0.25, 0.3) is 0 Å². The number of ether oxygens (including phenoxy) is 1. The van der Waals surface area contributed by atoms with E-state index in [4.69, 9.17) is 4.74 Å². The van der Waals surface area contributed by atoms with Gasteiger partial charge in [0.2, 0.25) is 5.91 Å². The standard InChI is InChI=1S/C16H21N3O4S/c20-14(11-19-6-7-23-16(19)22)18-5-1-3-12(10-18)9-17-15(21)13-4-2-8-24-13/h2,4,8,12H,1,3,5-7,9-11H2,(H,17,21). The van der Waals surface area contributed by atoms with E-state index in [9.17, 15) is 14.4 Å². The summed E-state index contributed by atoms with van der Waals surface area (Å²) in [5, 5.41) is 4.82. The van der Waals surface area contributed by atoms with Crippen LogP contribution in [-0.4, -0.2) is 67.0 Å². The van der Waals surface area contributed by atoms with E-state index in [-0.39, 0.29) is 24.3 Å². The maximum atomic E-state index is 12.4. The molecule has 3 amide bonds. The second-order valence-corrected chi connectivity index (χ2v) is 7.02. The maximum absolute atomic E-state index is 12.4. The SMILES string of the molecule is O=C(NCC1CCCN(C(=O)CN2CCOC2=O)C1)c1cccs1. The van der Waals surface area contributed by atoms with Crippen LogP contribution in [0.5, 0.6) is 0 Å². The molecule has 2 aliphatic heterocycles. The number of carbonyl (C=O) groups is 3. The number of cyclic esters (lactones) is 1. The predicted octanol–water partition coefficient (Wildman–Crippen LogP) is 1.17. The van der Waals surface area contributed by atoms with Gasteiger partial charge in [-0.2, -0.15) is 0 Å². The van der Waals surface area contributed by atoms with Crippen LogP contribution in [0.1, 0.15) is 22.5 Å². The Morgan fingerprint density at radius 3 is 2.96 bits per heavy atom. The normalized spacial score (nSPS) is 20.8. The summed E-state index contributed by atoms with van der Waals surface area (Å²) in [5.41, 5.74) is 0. The number of amides is 3. The molecule has 0 aliphatic carbocycles. The summed E-state index contributed by atoms with van der Waals surface area (Å²) in [6, 6.07) is 3.65. The lowest BCUT2D eigenvalue weighted by Gasteiger charge is -2.33. The Bertz CT molecular complexity index is 604. The molecule has 130 valence electrons. The van der Waals surface area contributed by atoms with Crippen molar-refractivity contribution >= 4 is 29.2 Å². The van der Waals surface area contributed by atoms with Crippen LogP contribution in [0.2, 0.25) is 0 Å². The van der Waals surface area contributed by atoms with Gasteiger partial charge in [0.05, 0.1) is 11.4 Å². The first-order valence-corrected chi connectivity index (χ1v) is 9.02. The van der Waals surface area contributed by atoms with Crippen LogP contribution in [0.15, 0.2) is 17.5 Å². The number of likely N-dealkylation sites (tertiary alicyclic amines) is 1. The molecule has 0 radical (unpaired) electrons. The monoisotopic (exact) mass is 351 g/mol. The molecule has 1 aromatic rings. The van der Waals surface area contributed by atoms with Gasteiger partial charge in [0, 0.05) is 19.6 Å². The van der Waals surface area contributed by atoms with Gasteiger partial charge in [-0.3, -0.25) is 14.5 Å². The Morgan fingerprint density at radius 2 is 2.25 bits per heavy atom. The smallest absolute Gasteiger partial charge is 0.410 e. The van der Waals surface area contributed by atoms with E-state index < -0.39 is 6.09 Å². The van der Waals surface area contributed by atoms with Crippen molar-refractivity contribution in [2.24, 2.45) is 5.92 Å². The van der Waals surface area contributed by atoms with Gasteiger partial charge >= 0.3 is 6.09 Å². The van der Waals surface area contributed by atoms with Crippen molar-refractivity contribution < 1.29 is 19.1 Å². The first-order chi connectivity index (χ1) is 11.6. The van der Waals surface area contributed by atoms with Crippen molar-refractivity contribution in [1.29, 1.82) is 0 Å². The van der Waals surface area contributed by atoms with E-state index in [1.807, 2.05) is 11.4 Å². The molecule has 1 atom stereocenters. The van der Waals surface area contributed by atoms with E-state index in [2.05, 4.69) is 5.32 Å². The summed E-state index contributed by atoms with van der Waals surface area (Å²) < 4.78 is 4.84. The fourth-order valence-corrected chi connectivity index (χ4v) is 3.66. The predicted molar refractivity (Wildman–Crippen MR) is 88.9 cm³/mol. The lowest BCUT2D eigenvalue weighted by Crippen LogP contribution is -2.47. The van der Waals surface area contributed by atoms with Crippen molar-refractivity contribution in [1.82, 2.24) is 15.1 Å². The molecule has 2 saturated heterocycles. The van der Waals surface area contributed by atoms with Gasteiger partial charge < -0.3 is 15.0 Å². The minimum Gasteiger partial charge on any atom is -0.448 e. The molecule has 1 unspecified atom stereocenters. The fraction of sp³-hybridized carbons (Fsp3) is 0.562. The van der Waals surface area contributed by atoms with E-state index in [1.165, 1.54) is 16.2 Å². The lowest BCUT2D eigenvalue weighted by atomic mass is 9.98. The lowest BCUT2D eigenvalue weighted by molar-refractivity contribution is -0.133. The molecule has 8 heteroatoms. The molecule has 2 aliphatic rings. The molecule has 0 aromatic carbocycles. The van der Waals surface area contributed by atoms with E-state index >= 15 is 0 Å². The average Bonchev–Trinajstić information content (AvgIpc) is 3.25. The molecule has 2 fully saturated rings. The number of hydrogen-bond donors (Lipinski definition) is 1. The summed E-state index contributed by atoms with van der Waals surface area (Å²) in [4.78, 5) is 39.7. The van der Waals surface area contributed by atoms with Crippen LogP contribution >= 0.6 is 11.3 Å². The number of nitrogens with one attached hydrogen (secondary N) is 1. The van der Waals surface area contributed by atoms with Gasteiger partial charge in [0.1, 0.15) is 13.2 Å². The number of nitrogens with zero attached hydrogens (tertiary/aromatic N) is 2. The van der Waals surface area contributed by atoms with Crippen molar-refractivity contribution in [3.63, 3.8) is 0 Å². The quantitative estimate of drug-likeness (QED) is 0.864. The van der Waals surface area contributed by atoms with Gasteiger partial charge in [0.25, 0.3) is 5.91 Å². The molecule has 0 bridgehead atoms. The molecule has 0 spiro atoms. The molecule has 3 rings (SSSR count). The van der Waals surface area contributed by atoms with Gasteiger partial charge in [-0.1, -0.05) is 6.07 Å². The average molecular weight is 351 g/mol. The van der Waals surface area contributed by atoms with E-state index in [1.54, 1.807) is 11.0 Å². The Balaban J connectivity index is 1.46. The molecule has 1 aromatic heterocycles. The number of thiophene rings is 1. The first-order valence-electron chi connectivity index (χ1n) is 8.14. The van der Waals surface area contributed by atoms with Crippen molar-refractivity contribution in [3.8, 4) is 0 Å². The van der Waals surface area contributed by atoms with Gasteiger partial charge in [-0.05, 0) is 30.2 Å². The second-order valence-electron chi connectivity index (χ2n) is 6.07. The number of carbonyl (C=O) groups excluding carboxylic acids is 3. The topological polar surface area (TPSA) is 79.0 Å². The molecular weight excluding hydrogens is 330 g/mol. The number of hydrogen-bond acceptors (Lipinski definition) is 5. The Kier molecular flexibility index (Phi) is 5.34. The Morgan fingerprint density at radius 1 is 1.38 bits per heavy atom. The molecule has 24 heavy (non-hydrogen) atoms. The van der Waals surface area contributed by atoms with Gasteiger partial charge in [-0.25, -0.2) is 4.79 Å². The summed E-state index contributed by atoms with van der Waals surface area (Å²) in [6.45, 7) is 2.78. The molecule has 3 heterocycles. The third-order valence-electron chi connectivity index (χ3n) is 4.34. The van der Waals surface area contributed by atoms with Gasteiger partial charge in [0.15, 0.2) is 0 Å². The number of piperidine rings is 1. The summed E-state index contributed by atoms with van der Waals surface area (Å²) in [6.07, 6.45) is 1.48. The highest BCUT2D eigenvalue weighted by Crippen LogP contribution is 2.17. The largest absolute Gasteiger partial charge is 0.448 e. The zero-order valence-corrected chi connectivity index (χ0v) is 14.2. The first kappa shape index (κ1) is 16.8. The third-order valence-corrected chi connectivity index (χ3v) is 5.21. The van der Waals surface area contributed by atoms with Crippen LogP contribution in [0, 0.1) is 5.92 Å². The Labute approximate surface area is 144 Å². The van der Waals surface area contributed by atoms with Crippen molar-refractivity contribution in [2.45, 2.75) is 12.8 Å². The van der Waals surface area contributed by atoms with Crippen LogP contribution in [0.4, 0.5) is 4.79 Å². The van der Waals surface area contributed by atoms with Gasteiger partial charge in [-0.15, -0.1) is 11.3 Å². The maximum Gasteiger partial charge on any atom is 0.410 e. The highest BCUT2D eigenvalue weighted by molar-refractivity contribution is 7.12. The number of rotatable bonds is 5. The minimum absolute atomic E-state index is 0.0527. The summed E-state index contributed by atoms with van der Waals surface area (Å²) in [5.74, 6) is 0.133. The summed E-state index contributed by atoms with van der Waals surface area (Å²) >= 11 is 1.42. The molecular formula is C16H21N3O4S. The summed E-state index contributed by atoms with van der Waals surface area (Å²) in [7, 11) is 0. The second kappa shape index (κ2) is 7.65. The van der Waals surface area contributed by atoms with E-state index in [0.29, 0.717) is 37.7 Å². The third kappa shape index (κ3) is 4.05. The van der Waals surface area contributed by atoms with Crippen molar-refractivity contribution in [3.05, 3.63) is 22.4 Å². The fourth-order valence-electron chi connectivity index (χ4n) is 3.02. The zero-order chi connectivity index (χ0) is 16.9. The Hall–Kier alpha value is -2.09.